The fourth-order valence-electron chi connectivity index (χ4n) is 6.66. The number of rotatable bonds is 32. The van der Waals surface area contributed by atoms with Gasteiger partial charge in [0.1, 0.15) is 0 Å². The summed E-state index contributed by atoms with van der Waals surface area (Å²) in [6.45, 7) is 4.41. The van der Waals surface area contributed by atoms with Crippen molar-refractivity contribution < 1.29 is 43.5 Å². The van der Waals surface area contributed by atoms with Crippen LogP contribution in [0.15, 0.2) is 0 Å². The van der Waals surface area contributed by atoms with E-state index in [1.165, 1.54) is 39.9 Å². The third-order valence-corrected chi connectivity index (χ3v) is 9.91. The van der Waals surface area contributed by atoms with E-state index in [0.29, 0.717) is 32.1 Å². The molecule has 2 rings (SSSR count). The molecule has 0 aliphatic carbocycles. The van der Waals surface area contributed by atoms with Gasteiger partial charge in [-0.2, -0.15) is 0 Å². The minimum atomic E-state index is -0.652. The number of aliphatic hydroxyl groups excluding tert-OH is 2. The molecule has 2 fully saturated rings. The van der Waals surface area contributed by atoms with E-state index in [2.05, 4.69) is 13.8 Å². The van der Waals surface area contributed by atoms with Crippen LogP contribution in [-0.4, -0.2) is 85.2 Å². The summed E-state index contributed by atoms with van der Waals surface area (Å²) in [5.74, 6) is -0.321. The number of aliphatic hydroxyl groups is 2. The minimum absolute atomic E-state index is 0.0866. The lowest BCUT2D eigenvalue weighted by Gasteiger charge is -2.31. The Hall–Kier alpha value is -1.26. The van der Waals surface area contributed by atoms with Crippen molar-refractivity contribution in [1.29, 1.82) is 0 Å². The quantitative estimate of drug-likeness (QED) is 0.0420. The molecular weight excluding hydrogens is 600 g/mol. The van der Waals surface area contributed by atoms with Crippen molar-refractivity contribution in [2.75, 3.05) is 14.2 Å². The Morgan fingerprint density at radius 3 is 1.53 bits per heavy atom. The molecule has 2 saturated heterocycles. The summed E-state index contributed by atoms with van der Waals surface area (Å²) in [6, 6.07) is 0. The van der Waals surface area contributed by atoms with E-state index in [9.17, 15) is 19.8 Å². The van der Waals surface area contributed by atoms with Gasteiger partial charge in [-0.05, 0) is 38.5 Å². The van der Waals surface area contributed by atoms with Gasteiger partial charge in [-0.3, -0.25) is 9.59 Å². The molecule has 8 unspecified atom stereocenters. The summed E-state index contributed by atoms with van der Waals surface area (Å²) in [5.41, 5.74) is 0. The minimum Gasteiger partial charge on any atom is -0.469 e. The maximum atomic E-state index is 11.5. The molecule has 0 saturated carbocycles. The molecule has 2 heterocycles. The van der Waals surface area contributed by atoms with Crippen LogP contribution in [0.1, 0.15) is 168 Å². The second-order valence-corrected chi connectivity index (χ2v) is 14.0. The predicted octanol–water partition coefficient (Wildman–Crippen LogP) is 7.75. The van der Waals surface area contributed by atoms with E-state index in [1.54, 1.807) is 0 Å². The van der Waals surface area contributed by atoms with E-state index in [-0.39, 0.29) is 42.5 Å². The Labute approximate surface area is 286 Å². The zero-order valence-corrected chi connectivity index (χ0v) is 30.3. The zero-order chi connectivity index (χ0) is 34.3. The molecule has 2 aliphatic rings. The van der Waals surface area contributed by atoms with Gasteiger partial charge in [-0.1, -0.05) is 104 Å². The van der Waals surface area contributed by atoms with Crippen LogP contribution >= 0.6 is 0 Å². The Bertz CT molecular complexity index is 808. The van der Waals surface area contributed by atoms with Crippen LogP contribution in [0.5, 0.6) is 0 Å². The number of epoxide rings is 2. The first kappa shape index (κ1) is 41.9. The van der Waals surface area contributed by atoms with E-state index in [0.717, 1.165) is 96.3 Å². The van der Waals surface area contributed by atoms with Gasteiger partial charge < -0.3 is 33.9 Å². The van der Waals surface area contributed by atoms with Crippen LogP contribution < -0.4 is 0 Å². The van der Waals surface area contributed by atoms with Gasteiger partial charge in [-0.15, -0.1) is 0 Å². The van der Waals surface area contributed by atoms with E-state index >= 15 is 0 Å². The molecule has 2 aliphatic heterocycles. The Balaban J connectivity index is 1.94. The molecule has 0 amide bonds. The highest BCUT2D eigenvalue weighted by Gasteiger charge is 2.44. The van der Waals surface area contributed by atoms with Gasteiger partial charge >= 0.3 is 11.9 Å². The van der Waals surface area contributed by atoms with E-state index in [1.807, 2.05) is 0 Å². The highest BCUT2D eigenvalue weighted by Crippen LogP contribution is 2.36. The number of ether oxygens (including phenoxy) is 5. The number of hydrogen-bond donors (Lipinski definition) is 2. The normalized spacial score (nSPS) is 22.8. The third kappa shape index (κ3) is 19.5. The summed E-state index contributed by atoms with van der Waals surface area (Å²) in [6.07, 6.45) is 20.7. The topological polar surface area (TPSA) is 127 Å². The highest BCUT2D eigenvalue weighted by molar-refractivity contribution is 5.69. The number of hydrogen-bond acceptors (Lipinski definition) is 9. The Morgan fingerprint density at radius 2 is 1.02 bits per heavy atom. The first-order valence-electron chi connectivity index (χ1n) is 19.3. The van der Waals surface area contributed by atoms with Crippen LogP contribution in [0.4, 0.5) is 0 Å². The SMILES string of the molecule is CCCCCC1OC1CC(O)C(CCCCCCCC(=O)OC)OC(CC1OC1CCCCC)C(O)CCCCCCCC(=O)OC. The van der Waals surface area contributed by atoms with Crippen LogP contribution in [0, 0.1) is 0 Å². The molecule has 9 nitrogen and oxygen atoms in total. The predicted molar refractivity (Wildman–Crippen MR) is 184 cm³/mol. The molecule has 2 N–H and O–H groups in total. The van der Waals surface area contributed by atoms with Crippen molar-refractivity contribution >= 4 is 11.9 Å². The molecule has 0 radical (unpaired) electrons. The monoisotopic (exact) mass is 671 g/mol. The summed E-state index contributed by atoms with van der Waals surface area (Å²) >= 11 is 0. The maximum absolute atomic E-state index is 11.5. The zero-order valence-electron chi connectivity index (χ0n) is 30.3. The first-order chi connectivity index (χ1) is 22.8. The van der Waals surface area contributed by atoms with Crippen molar-refractivity contribution in [1.82, 2.24) is 0 Å². The summed E-state index contributed by atoms with van der Waals surface area (Å²) in [5, 5.41) is 22.9. The van der Waals surface area contributed by atoms with Gasteiger partial charge in [0.25, 0.3) is 0 Å². The van der Waals surface area contributed by atoms with Crippen molar-refractivity contribution in [3.05, 3.63) is 0 Å². The van der Waals surface area contributed by atoms with Crippen molar-refractivity contribution in [3.8, 4) is 0 Å². The Morgan fingerprint density at radius 1 is 0.553 bits per heavy atom. The number of unbranched alkanes of at least 4 members (excludes halogenated alkanes) is 12. The van der Waals surface area contributed by atoms with Crippen molar-refractivity contribution in [2.24, 2.45) is 0 Å². The van der Waals surface area contributed by atoms with Gasteiger partial charge in [0.2, 0.25) is 0 Å². The lowest BCUT2D eigenvalue weighted by Crippen LogP contribution is -2.40. The second-order valence-electron chi connectivity index (χ2n) is 14.0. The molecule has 9 heteroatoms. The molecule has 0 aromatic heterocycles. The summed E-state index contributed by atoms with van der Waals surface area (Å²) in [7, 11) is 2.85. The first-order valence-corrected chi connectivity index (χ1v) is 19.3. The summed E-state index contributed by atoms with van der Waals surface area (Å²) in [4.78, 5) is 22.8. The van der Waals surface area contributed by atoms with Crippen molar-refractivity contribution in [3.63, 3.8) is 0 Å². The second kappa shape index (κ2) is 25.7. The van der Waals surface area contributed by atoms with Crippen LogP contribution in [0.2, 0.25) is 0 Å². The largest absolute Gasteiger partial charge is 0.469 e. The highest BCUT2D eigenvalue weighted by atomic mass is 16.6. The fraction of sp³-hybridized carbons (Fsp3) is 0.947. The van der Waals surface area contributed by atoms with Crippen LogP contribution in [0.3, 0.4) is 0 Å². The molecular formula is C38H70O9. The van der Waals surface area contributed by atoms with Gasteiger partial charge in [-0.25, -0.2) is 0 Å². The molecule has 47 heavy (non-hydrogen) atoms. The number of carbonyl (C=O) groups excluding carboxylic acids is 2. The van der Waals surface area contributed by atoms with Crippen LogP contribution in [-0.2, 0) is 33.3 Å². The lowest BCUT2D eigenvalue weighted by molar-refractivity contribution is -0.141. The Kier molecular flexibility index (Phi) is 22.9. The van der Waals surface area contributed by atoms with Gasteiger partial charge in [0.15, 0.2) is 0 Å². The smallest absolute Gasteiger partial charge is 0.305 e. The summed E-state index contributed by atoms with van der Waals surface area (Å²) < 4.78 is 28.2. The standard InChI is InChI=1S/C38H70O9/c1-5-7-15-23-32-35(46-32)27-30(40)31(22-18-12-10-14-20-26-38(42)44-4)45-34(28-36-33(47-36)24-16-8-6-2)29(39)21-17-11-9-13-19-25-37(41)43-3/h29-36,39-40H,5-28H2,1-4H3. The van der Waals surface area contributed by atoms with Crippen molar-refractivity contribution in [2.45, 2.75) is 217 Å². The molecule has 0 aromatic carbocycles. The number of esters is 2. The molecule has 276 valence electrons. The fourth-order valence-corrected chi connectivity index (χ4v) is 6.66. The molecule has 0 spiro atoms. The van der Waals surface area contributed by atoms with Gasteiger partial charge in [0, 0.05) is 25.7 Å². The molecule has 8 atom stereocenters. The van der Waals surface area contributed by atoms with E-state index < -0.39 is 18.3 Å². The third-order valence-electron chi connectivity index (χ3n) is 9.91. The molecule has 0 aromatic rings. The van der Waals surface area contributed by atoms with Crippen LogP contribution in [0.25, 0.3) is 0 Å². The van der Waals surface area contributed by atoms with E-state index in [4.69, 9.17) is 23.7 Å². The number of carbonyl (C=O) groups is 2. The van der Waals surface area contributed by atoms with Gasteiger partial charge in [0.05, 0.1) is 63.1 Å². The lowest BCUT2D eigenvalue weighted by atomic mass is 9.96. The average molecular weight is 671 g/mol. The average Bonchev–Trinajstić information content (AvgIpc) is 3.99. The molecule has 0 bridgehead atoms. The maximum Gasteiger partial charge on any atom is 0.305 e. The number of methoxy groups -OCH3 is 2.